The fourth-order valence-corrected chi connectivity index (χ4v) is 2.95. The third-order valence-corrected chi connectivity index (χ3v) is 4.24. The van der Waals surface area contributed by atoms with E-state index < -0.39 is 0 Å². The third kappa shape index (κ3) is 3.61. The molecule has 0 bridgehead atoms. The summed E-state index contributed by atoms with van der Waals surface area (Å²) >= 11 is 0. The third-order valence-electron chi connectivity index (χ3n) is 4.24. The van der Waals surface area contributed by atoms with Crippen molar-refractivity contribution in [1.29, 1.82) is 0 Å². The first kappa shape index (κ1) is 14.1. The minimum absolute atomic E-state index is 1.05. The van der Waals surface area contributed by atoms with E-state index in [0.717, 1.165) is 39.1 Å². The van der Waals surface area contributed by atoms with Crippen LogP contribution in [0.15, 0.2) is 48.7 Å². The Bertz CT molecular complexity index is 560. The van der Waals surface area contributed by atoms with Crippen LogP contribution in [0.2, 0.25) is 0 Å². The predicted molar refractivity (Wildman–Crippen MR) is 87.8 cm³/mol. The molecule has 3 rings (SSSR count). The van der Waals surface area contributed by atoms with Crippen LogP contribution in [0.3, 0.4) is 0 Å². The van der Waals surface area contributed by atoms with Gasteiger partial charge in [0.05, 0.1) is 0 Å². The second kappa shape index (κ2) is 6.72. The van der Waals surface area contributed by atoms with E-state index in [-0.39, 0.29) is 0 Å². The van der Waals surface area contributed by atoms with E-state index in [4.69, 9.17) is 0 Å². The molecule has 0 aliphatic carbocycles. The highest BCUT2D eigenvalue weighted by molar-refractivity contribution is 5.53. The molecule has 21 heavy (non-hydrogen) atoms. The summed E-state index contributed by atoms with van der Waals surface area (Å²) < 4.78 is 0. The molecule has 3 nitrogen and oxygen atoms in total. The Balaban J connectivity index is 1.50. The van der Waals surface area contributed by atoms with Crippen molar-refractivity contribution in [1.82, 2.24) is 9.88 Å². The van der Waals surface area contributed by atoms with Gasteiger partial charge in [-0.15, -0.1) is 0 Å². The summed E-state index contributed by atoms with van der Waals surface area (Å²) in [6, 6.07) is 14.8. The van der Waals surface area contributed by atoms with Gasteiger partial charge in [0.15, 0.2) is 0 Å². The average molecular weight is 281 g/mol. The number of anilines is 1. The fourth-order valence-electron chi connectivity index (χ4n) is 2.95. The zero-order valence-electron chi connectivity index (χ0n) is 12.7. The number of hydrogen-bond acceptors (Lipinski definition) is 3. The molecule has 0 amide bonds. The predicted octanol–water partition coefficient (Wildman–Crippen LogP) is 2.75. The Morgan fingerprint density at radius 2 is 1.71 bits per heavy atom. The van der Waals surface area contributed by atoms with E-state index in [2.05, 4.69) is 58.1 Å². The lowest BCUT2D eigenvalue weighted by Crippen LogP contribution is -2.47. The molecule has 2 heterocycles. The summed E-state index contributed by atoms with van der Waals surface area (Å²) in [5.74, 6) is 0. The Morgan fingerprint density at radius 1 is 0.952 bits per heavy atom. The van der Waals surface area contributed by atoms with Crippen molar-refractivity contribution in [3.63, 3.8) is 0 Å². The van der Waals surface area contributed by atoms with Crippen LogP contribution in [-0.2, 0) is 6.42 Å². The van der Waals surface area contributed by atoms with Crippen molar-refractivity contribution in [3.05, 3.63) is 59.9 Å². The number of para-hydroxylation sites is 1. The van der Waals surface area contributed by atoms with E-state index in [1.807, 2.05) is 12.3 Å². The number of aromatic nitrogens is 1. The summed E-state index contributed by atoms with van der Waals surface area (Å²) in [7, 11) is 0. The standard InChI is InChI=1S/C18H23N3/c1-16-6-2-3-8-18(16)21-14-12-20(13-15-21)11-9-17-7-4-5-10-19-17/h2-8,10H,9,11-15H2,1H3. The van der Waals surface area contributed by atoms with Crippen molar-refractivity contribution in [2.24, 2.45) is 0 Å². The van der Waals surface area contributed by atoms with E-state index in [1.54, 1.807) is 0 Å². The van der Waals surface area contributed by atoms with Gasteiger partial charge in [-0.2, -0.15) is 0 Å². The maximum atomic E-state index is 4.40. The average Bonchev–Trinajstić information content (AvgIpc) is 2.55. The van der Waals surface area contributed by atoms with E-state index in [9.17, 15) is 0 Å². The number of rotatable bonds is 4. The number of nitrogens with zero attached hydrogens (tertiary/aromatic N) is 3. The molecular weight excluding hydrogens is 258 g/mol. The minimum Gasteiger partial charge on any atom is -0.369 e. The molecule has 0 N–H and O–H groups in total. The maximum Gasteiger partial charge on any atom is 0.0416 e. The van der Waals surface area contributed by atoms with Gasteiger partial charge in [0.1, 0.15) is 0 Å². The van der Waals surface area contributed by atoms with Gasteiger partial charge in [-0.3, -0.25) is 9.88 Å². The first-order valence-electron chi connectivity index (χ1n) is 7.76. The van der Waals surface area contributed by atoms with Crippen LogP contribution < -0.4 is 4.90 Å². The van der Waals surface area contributed by atoms with Crippen LogP contribution in [0.25, 0.3) is 0 Å². The molecular formula is C18H23N3. The number of piperazine rings is 1. The topological polar surface area (TPSA) is 19.4 Å². The van der Waals surface area contributed by atoms with Gasteiger partial charge in [0, 0.05) is 56.7 Å². The van der Waals surface area contributed by atoms with E-state index >= 15 is 0 Å². The molecule has 110 valence electrons. The second-order valence-electron chi connectivity index (χ2n) is 5.69. The summed E-state index contributed by atoms with van der Waals surface area (Å²) in [5.41, 5.74) is 3.96. The Morgan fingerprint density at radius 3 is 2.43 bits per heavy atom. The normalized spacial score (nSPS) is 16.1. The molecule has 1 aromatic heterocycles. The highest BCUT2D eigenvalue weighted by atomic mass is 15.3. The van der Waals surface area contributed by atoms with Gasteiger partial charge in [-0.1, -0.05) is 24.3 Å². The van der Waals surface area contributed by atoms with Crippen molar-refractivity contribution < 1.29 is 0 Å². The van der Waals surface area contributed by atoms with Crippen molar-refractivity contribution in [2.45, 2.75) is 13.3 Å². The lowest BCUT2D eigenvalue weighted by Gasteiger charge is -2.36. The van der Waals surface area contributed by atoms with Gasteiger partial charge in [0.25, 0.3) is 0 Å². The van der Waals surface area contributed by atoms with Gasteiger partial charge >= 0.3 is 0 Å². The molecule has 1 saturated heterocycles. The lowest BCUT2D eigenvalue weighted by atomic mass is 10.1. The molecule has 1 aliphatic heterocycles. The first-order chi connectivity index (χ1) is 10.3. The zero-order chi connectivity index (χ0) is 14.5. The maximum absolute atomic E-state index is 4.40. The summed E-state index contributed by atoms with van der Waals surface area (Å²) in [5, 5.41) is 0. The molecule has 1 fully saturated rings. The van der Waals surface area contributed by atoms with Gasteiger partial charge in [-0.05, 0) is 30.7 Å². The molecule has 0 radical (unpaired) electrons. The number of hydrogen-bond donors (Lipinski definition) is 0. The van der Waals surface area contributed by atoms with E-state index in [0.29, 0.717) is 0 Å². The van der Waals surface area contributed by atoms with Crippen molar-refractivity contribution in [2.75, 3.05) is 37.6 Å². The highest BCUT2D eigenvalue weighted by Gasteiger charge is 2.17. The van der Waals surface area contributed by atoms with Crippen LogP contribution in [0.1, 0.15) is 11.3 Å². The monoisotopic (exact) mass is 281 g/mol. The SMILES string of the molecule is Cc1ccccc1N1CCN(CCc2ccccn2)CC1. The lowest BCUT2D eigenvalue weighted by molar-refractivity contribution is 0.260. The van der Waals surface area contributed by atoms with Crippen LogP contribution in [0.5, 0.6) is 0 Å². The smallest absolute Gasteiger partial charge is 0.0416 e. The largest absolute Gasteiger partial charge is 0.369 e. The minimum atomic E-state index is 1.05. The first-order valence-corrected chi connectivity index (χ1v) is 7.76. The number of aryl methyl sites for hydroxylation is 1. The van der Waals surface area contributed by atoms with Crippen molar-refractivity contribution >= 4 is 5.69 Å². The van der Waals surface area contributed by atoms with Gasteiger partial charge < -0.3 is 4.90 Å². The Labute approximate surface area is 127 Å². The van der Waals surface area contributed by atoms with Gasteiger partial charge in [0.2, 0.25) is 0 Å². The molecule has 0 spiro atoms. The highest BCUT2D eigenvalue weighted by Crippen LogP contribution is 2.20. The van der Waals surface area contributed by atoms with Crippen LogP contribution in [0.4, 0.5) is 5.69 Å². The zero-order valence-corrected chi connectivity index (χ0v) is 12.7. The number of benzene rings is 1. The molecule has 1 aromatic carbocycles. The quantitative estimate of drug-likeness (QED) is 0.859. The van der Waals surface area contributed by atoms with Crippen LogP contribution in [0, 0.1) is 6.92 Å². The summed E-state index contributed by atoms with van der Waals surface area (Å²) in [4.78, 5) is 9.45. The Hall–Kier alpha value is -1.87. The molecule has 0 saturated carbocycles. The second-order valence-corrected chi connectivity index (χ2v) is 5.69. The summed E-state index contributed by atoms with van der Waals surface area (Å²) in [6.45, 7) is 7.82. The number of pyridine rings is 1. The Kier molecular flexibility index (Phi) is 4.51. The van der Waals surface area contributed by atoms with Crippen LogP contribution in [-0.4, -0.2) is 42.6 Å². The molecule has 3 heteroatoms. The van der Waals surface area contributed by atoms with E-state index in [1.165, 1.54) is 16.9 Å². The molecule has 2 aromatic rings. The van der Waals surface area contributed by atoms with Crippen molar-refractivity contribution in [3.8, 4) is 0 Å². The molecule has 0 atom stereocenters. The summed E-state index contributed by atoms with van der Waals surface area (Å²) in [6.07, 6.45) is 2.93. The molecule has 0 unspecified atom stereocenters. The molecule has 1 aliphatic rings. The van der Waals surface area contributed by atoms with Crippen LogP contribution >= 0.6 is 0 Å². The van der Waals surface area contributed by atoms with Gasteiger partial charge in [-0.25, -0.2) is 0 Å². The fraction of sp³-hybridized carbons (Fsp3) is 0.389.